The number of halogens is 2. The number of hydrogen-bond donors (Lipinski definition) is 1. The van der Waals surface area contributed by atoms with Crippen molar-refractivity contribution in [2.75, 3.05) is 7.11 Å². The van der Waals surface area contributed by atoms with Crippen LogP contribution in [0.5, 0.6) is 0 Å². The monoisotopic (exact) mass is 468 g/mol. The van der Waals surface area contributed by atoms with Crippen LogP contribution in [0, 0.1) is 11.6 Å². The number of esters is 1. The molecule has 0 unspecified atom stereocenters. The largest absolute Gasteiger partial charge is 0.469 e. The summed E-state index contributed by atoms with van der Waals surface area (Å²) in [5.41, 5.74) is 2.53. The van der Waals surface area contributed by atoms with Gasteiger partial charge in [-0.2, -0.15) is 0 Å². The SMILES string of the molecule is COC(=O)CC(=O)C[C@H](O)C=Cn1c(C(C)C)nc(-c2ccc(F)cc2)c1-c1ccc(F)cc1. The Morgan fingerprint density at radius 1 is 1.03 bits per heavy atom. The zero-order chi connectivity index (χ0) is 24.8. The van der Waals surface area contributed by atoms with Crippen molar-refractivity contribution < 1.29 is 28.2 Å². The van der Waals surface area contributed by atoms with Crippen LogP contribution >= 0.6 is 0 Å². The summed E-state index contributed by atoms with van der Waals surface area (Å²) in [6.45, 7) is 3.90. The highest BCUT2D eigenvalue weighted by molar-refractivity contribution is 5.95. The summed E-state index contributed by atoms with van der Waals surface area (Å²) >= 11 is 0. The minimum atomic E-state index is -1.14. The van der Waals surface area contributed by atoms with Crippen LogP contribution < -0.4 is 0 Å². The molecule has 0 aliphatic rings. The number of carbonyl (C=O) groups is 2. The van der Waals surface area contributed by atoms with Crippen molar-refractivity contribution in [2.45, 2.75) is 38.7 Å². The van der Waals surface area contributed by atoms with E-state index >= 15 is 0 Å². The molecule has 8 heteroatoms. The van der Waals surface area contributed by atoms with Gasteiger partial charge in [0.05, 0.1) is 24.6 Å². The molecule has 178 valence electrons. The predicted octanol–water partition coefficient (Wildman–Crippen LogP) is 4.97. The van der Waals surface area contributed by atoms with Gasteiger partial charge < -0.3 is 14.4 Å². The summed E-state index contributed by atoms with van der Waals surface area (Å²) in [6.07, 6.45) is 1.22. The highest BCUT2D eigenvalue weighted by atomic mass is 19.1. The third-order valence-corrected chi connectivity index (χ3v) is 5.15. The normalized spacial score (nSPS) is 12.3. The van der Waals surface area contributed by atoms with E-state index < -0.39 is 30.1 Å². The molecular weight excluding hydrogens is 442 g/mol. The molecule has 0 saturated carbocycles. The van der Waals surface area contributed by atoms with Crippen molar-refractivity contribution in [3.63, 3.8) is 0 Å². The van der Waals surface area contributed by atoms with Gasteiger partial charge in [0.15, 0.2) is 0 Å². The number of ether oxygens (including phenoxy) is 1. The van der Waals surface area contributed by atoms with Crippen molar-refractivity contribution in [1.29, 1.82) is 0 Å². The number of imidazole rings is 1. The van der Waals surface area contributed by atoms with E-state index in [4.69, 9.17) is 4.98 Å². The highest BCUT2D eigenvalue weighted by Crippen LogP contribution is 2.35. The Morgan fingerprint density at radius 2 is 1.59 bits per heavy atom. The molecule has 34 heavy (non-hydrogen) atoms. The quantitative estimate of drug-likeness (QED) is 0.354. The topological polar surface area (TPSA) is 81.4 Å². The van der Waals surface area contributed by atoms with Crippen LogP contribution in [-0.4, -0.2) is 39.6 Å². The molecule has 1 aromatic heterocycles. The van der Waals surface area contributed by atoms with E-state index in [1.54, 1.807) is 35.0 Å². The van der Waals surface area contributed by atoms with Gasteiger partial charge in [-0.25, -0.2) is 13.8 Å². The third kappa shape index (κ3) is 6.02. The fraction of sp³-hybridized carbons (Fsp3) is 0.269. The van der Waals surface area contributed by atoms with Gasteiger partial charge in [0, 0.05) is 29.7 Å². The number of aromatic nitrogens is 2. The van der Waals surface area contributed by atoms with Gasteiger partial charge in [-0.15, -0.1) is 0 Å². The number of benzene rings is 2. The van der Waals surface area contributed by atoms with E-state index in [0.29, 0.717) is 28.3 Å². The van der Waals surface area contributed by atoms with Crippen LogP contribution in [0.4, 0.5) is 8.78 Å². The lowest BCUT2D eigenvalue weighted by atomic mass is 10.0. The smallest absolute Gasteiger partial charge is 0.313 e. The van der Waals surface area contributed by atoms with Crippen LogP contribution in [0.1, 0.15) is 38.4 Å². The maximum absolute atomic E-state index is 13.6. The summed E-state index contributed by atoms with van der Waals surface area (Å²) in [4.78, 5) is 28.0. The van der Waals surface area contributed by atoms with Crippen molar-refractivity contribution in [1.82, 2.24) is 9.55 Å². The molecule has 3 rings (SSSR count). The molecule has 0 amide bonds. The van der Waals surface area contributed by atoms with Gasteiger partial charge in [0.25, 0.3) is 0 Å². The molecular formula is C26H26F2N2O4. The van der Waals surface area contributed by atoms with Crippen molar-refractivity contribution in [3.05, 3.63) is 72.1 Å². The van der Waals surface area contributed by atoms with Crippen LogP contribution in [0.2, 0.25) is 0 Å². The molecule has 0 radical (unpaired) electrons. The van der Waals surface area contributed by atoms with E-state index in [9.17, 15) is 23.5 Å². The number of carbonyl (C=O) groups excluding carboxylic acids is 2. The lowest BCUT2D eigenvalue weighted by Gasteiger charge is -2.12. The van der Waals surface area contributed by atoms with Crippen molar-refractivity contribution in [3.8, 4) is 22.5 Å². The number of hydrogen-bond acceptors (Lipinski definition) is 5. The van der Waals surface area contributed by atoms with E-state index in [-0.39, 0.29) is 18.2 Å². The molecule has 1 atom stereocenters. The summed E-state index contributed by atoms with van der Waals surface area (Å²) in [5.74, 6) is -1.27. The second-order valence-corrected chi connectivity index (χ2v) is 8.11. The molecule has 0 spiro atoms. The molecule has 1 N–H and O–H groups in total. The fourth-order valence-corrected chi connectivity index (χ4v) is 3.49. The predicted molar refractivity (Wildman–Crippen MR) is 125 cm³/mol. The molecule has 6 nitrogen and oxygen atoms in total. The standard InChI is InChI=1S/C26H26F2N2O4/c1-16(2)26-29-24(17-4-8-19(27)9-5-17)25(18-6-10-20(28)11-7-18)30(26)13-12-21(31)14-22(32)15-23(33)34-3/h4-13,16,21,31H,14-15H2,1-3H3/t21-/m1/s1. The van der Waals surface area contributed by atoms with Gasteiger partial charge in [-0.3, -0.25) is 9.59 Å². The Morgan fingerprint density at radius 3 is 2.12 bits per heavy atom. The second-order valence-electron chi connectivity index (χ2n) is 8.11. The Kier molecular flexibility index (Phi) is 8.07. The summed E-state index contributed by atoms with van der Waals surface area (Å²) in [5, 5.41) is 10.4. The maximum atomic E-state index is 13.6. The van der Waals surface area contributed by atoms with E-state index in [1.165, 1.54) is 37.5 Å². The highest BCUT2D eigenvalue weighted by Gasteiger charge is 2.21. The molecule has 2 aromatic carbocycles. The van der Waals surface area contributed by atoms with Crippen molar-refractivity contribution >= 4 is 18.0 Å². The number of nitrogens with zero attached hydrogens (tertiary/aromatic N) is 2. The Bertz CT molecular complexity index is 1180. The van der Waals surface area contributed by atoms with E-state index in [0.717, 1.165) is 0 Å². The number of rotatable bonds is 9. The van der Waals surface area contributed by atoms with Gasteiger partial charge in [-0.1, -0.05) is 13.8 Å². The third-order valence-electron chi connectivity index (χ3n) is 5.15. The lowest BCUT2D eigenvalue weighted by Crippen LogP contribution is -2.15. The first-order valence-electron chi connectivity index (χ1n) is 10.8. The van der Waals surface area contributed by atoms with Gasteiger partial charge >= 0.3 is 5.97 Å². The molecule has 0 aliphatic carbocycles. The fourth-order valence-electron chi connectivity index (χ4n) is 3.49. The molecule has 0 aliphatic heterocycles. The molecule has 3 aromatic rings. The summed E-state index contributed by atoms with van der Waals surface area (Å²) in [6, 6.07) is 11.8. The molecule has 0 bridgehead atoms. The lowest BCUT2D eigenvalue weighted by molar-refractivity contribution is -0.143. The molecule has 0 saturated heterocycles. The minimum Gasteiger partial charge on any atom is -0.469 e. The maximum Gasteiger partial charge on any atom is 0.313 e. The number of ketones is 1. The first-order chi connectivity index (χ1) is 16.2. The summed E-state index contributed by atoms with van der Waals surface area (Å²) in [7, 11) is 1.19. The van der Waals surface area contributed by atoms with Gasteiger partial charge in [0.1, 0.15) is 29.7 Å². The number of methoxy groups -OCH3 is 1. The molecule has 1 heterocycles. The average Bonchev–Trinajstić information content (AvgIpc) is 3.18. The Balaban J connectivity index is 2.06. The number of aliphatic hydroxyl groups is 1. The van der Waals surface area contributed by atoms with Crippen LogP contribution in [0.25, 0.3) is 28.7 Å². The van der Waals surface area contributed by atoms with Crippen molar-refractivity contribution in [2.24, 2.45) is 0 Å². The minimum absolute atomic E-state index is 0.0313. The van der Waals surface area contributed by atoms with Crippen LogP contribution in [-0.2, 0) is 14.3 Å². The van der Waals surface area contributed by atoms with E-state index in [2.05, 4.69) is 4.74 Å². The van der Waals surface area contributed by atoms with Crippen LogP contribution in [0.3, 0.4) is 0 Å². The Hall–Kier alpha value is -3.65. The van der Waals surface area contributed by atoms with Gasteiger partial charge in [0.2, 0.25) is 0 Å². The number of Topliss-reactive ketones (excluding diaryl/α,β-unsaturated/α-hetero) is 1. The Labute approximate surface area is 196 Å². The van der Waals surface area contributed by atoms with E-state index in [1.807, 2.05) is 13.8 Å². The molecule has 0 fully saturated rings. The number of aliphatic hydroxyl groups excluding tert-OH is 1. The first kappa shape index (κ1) is 25.0. The summed E-state index contributed by atoms with van der Waals surface area (Å²) < 4.78 is 33.4. The second kappa shape index (κ2) is 11.0. The zero-order valence-corrected chi connectivity index (χ0v) is 19.2. The van der Waals surface area contributed by atoms with Crippen LogP contribution in [0.15, 0.2) is 54.6 Å². The van der Waals surface area contributed by atoms with Gasteiger partial charge in [-0.05, 0) is 54.6 Å². The first-order valence-corrected chi connectivity index (χ1v) is 10.8. The zero-order valence-electron chi connectivity index (χ0n) is 19.2. The average molecular weight is 469 g/mol.